The molecule has 0 radical (unpaired) electrons. The summed E-state index contributed by atoms with van der Waals surface area (Å²) in [5.41, 5.74) is -0.570. The second kappa shape index (κ2) is 7.30. The number of anilines is 1. The third-order valence-electron chi connectivity index (χ3n) is 9.48. The van der Waals surface area contributed by atoms with Crippen molar-refractivity contribution < 1.29 is 18.8 Å². The van der Waals surface area contributed by atoms with Gasteiger partial charge in [0, 0.05) is 35.5 Å². The summed E-state index contributed by atoms with van der Waals surface area (Å²) in [6.45, 7) is 6.90. The van der Waals surface area contributed by atoms with Gasteiger partial charge in [-0.15, -0.1) is 0 Å². The van der Waals surface area contributed by atoms with Crippen LogP contribution in [0, 0.1) is 10.8 Å². The maximum absolute atomic E-state index is 14.1. The van der Waals surface area contributed by atoms with Gasteiger partial charge in [0.15, 0.2) is 5.82 Å². The van der Waals surface area contributed by atoms with Crippen molar-refractivity contribution in [3.63, 3.8) is 0 Å². The number of carbonyl (C=O) groups is 1. The maximum atomic E-state index is 14.1. The second-order valence-electron chi connectivity index (χ2n) is 13.3. The third-order valence-corrected chi connectivity index (χ3v) is 9.48. The number of phenolic OH excluding ortho intramolecular Hbond substituents is 1. The molecule has 6 aliphatic rings. The van der Waals surface area contributed by atoms with Crippen LogP contribution >= 0.6 is 0 Å². The van der Waals surface area contributed by atoms with Gasteiger partial charge in [-0.3, -0.25) is 4.79 Å². The lowest BCUT2D eigenvalue weighted by atomic mass is 9.41. The van der Waals surface area contributed by atoms with E-state index in [1.807, 2.05) is 11.0 Å². The molecule has 6 nitrogen and oxygen atoms in total. The van der Waals surface area contributed by atoms with Gasteiger partial charge in [-0.25, -0.2) is 4.39 Å². The molecule has 1 N–H and O–H groups in total. The fraction of sp³-hybridized carbons (Fsp3) is 0.679. The number of amides is 1. The van der Waals surface area contributed by atoms with E-state index >= 15 is 0 Å². The van der Waals surface area contributed by atoms with Gasteiger partial charge in [-0.2, -0.15) is 4.98 Å². The molecule has 1 aromatic heterocycles. The molecule has 188 valence electrons. The summed E-state index contributed by atoms with van der Waals surface area (Å²) in [5, 5.41) is 14.5. The molecule has 8 rings (SSSR count). The van der Waals surface area contributed by atoms with Crippen molar-refractivity contribution in [2.45, 2.75) is 101 Å². The summed E-state index contributed by atoms with van der Waals surface area (Å²) < 4.78 is 19.7. The van der Waals surface area contributed by atoms with Crippen LogP contribution in [0.4, 0.5) is 10.1 Å². The minimum absolute atomic E-state index is 0.0319. The Hall–Kier alpha value is -2.44. The molecule has 0 unspecified atom stereocenters. The molecular formula is C28H36FN3O3. The highest BCUT2D eigenvalue weighted by Gasteiger charge is 2.69. The Morgan fingerprint density at radius 1 is 1.09 bits per heavy atom. The molecule has 7 heteroatoms. The molecule has 35 heavy (non-hydrogen) atoms. The number of aromatic nitrogens is 2. The summed E-state index contributed by atoms with van der Waals surface area (Å²) in [5.74, 6) is 1.75. The van der Waals surface area contributed by atoms with Crippen molar-refractivity contribution in [1.82, 2.24) is 10.1 Å². The Morgan fingerprint density at radius 3 is 2.29 bits per heavy atom. The first-order valence-corrected chi connectivity index (χ1v) is 13.1. The number of hydrogen-bond acceptors (Lipinski definition) is 5. The number of nitrogens with zero attached hydrogens (tertiary/aromatic N) is 3. The number of alkyl halides is 1. The van der Waals surface area contributed by atoms with Gasteiger partial charge in [0.05, 0.1) is 0 Å². The van der Waals surface area contributed by atoms with E-state index in [9.17, 15) is 14.3 Å². The number of carbonyl (C=O) groups excluding carboxylic acids is 1. The quantitative estimate of drug-likeness (QED) is 0.549. The van der Waals surface area contributed by atoms with Crippen LogP contribution in [-0.4, -0.2) is 33.4 Å². The number of rotatable bonds is 6. The van der Waals surface area contributed by atoms with E-state index in [1.165, 1.54) is 0 Å². The van der Waals surface area contributed by atoms with Crippen LogP contribution in [0.25, 0.3) is 0 Å². The van der Waals surface area contributed by atoms with Crippen LogP contribution in [0.3, 0.4) is 0 Å². The van der Waals surface area contributed by atoms with Crippen LogP contribution in [0.15, 0.2) is 28.8 Å². The molecule has 6 fully saturated rings. The predicted octanol–water partition coefficient (Wildman–Crippen LogP) is 5.98. The maximum Gasteiger partial charge on any atom is 0.232 e. The van der Waals surface area contributed by atoms with Crippen molar-refractivity contribution in [1.29, 1.82) is 0 Å². The van der Waals surface area contributed by atoms with E-state index in [1.54, 1.807) is 18.2 Å². The Morgan fingerprint density at radius 2 is 1.74 bits per heavy atom. The highest BCUT2D eigenvalue weighted by molar-refractivity contribution is 5.94. The summed E-state index contributed by atoms with van der Waals surface area (Å²) in [6.07, 6.45) is 7.96. The highest BCUT2D eigenvalue weighted by Crippen LogP contribution is 2.71. The molecule has 6 aliphatic carbocycles. The lowest BCUT2D eigenvalue weighted by Gasteiger charge is -2.66. The molecule has 4 bridgehead atoms. The average molecular weight is 482 g/mol. The Balaban J connectivity index is 1.20. The van der Waals surface area contributed by atoms with Crippen LogP contribution in [0.5, 0.6) is 5.75 Å². The van der Waals surface area contributed by atoms with Crippen molar-refractivity contribution in [3.8, 4) is 5.75 Å². The standard InChI is InChI=1S/C28H36FN3O3/c1-24(2,3)23-30-22(31-35-23)27-10-7-25(8-11-27,9-12-27)18-32(19-5-4-6-20(33)13-19)21(34)14-26-15-28(29,16-26)17-26/h4-6,13,33H,7-12,14-18H2,1-3H3. The minimum Gasteiger partial charge on any atom is -0.508 e. The van der Waals surface area contributed by atoms with E-state index in [-0.39, 0.29) is 33.3 Å². The number of halogens is 1. The lowest BCUT2D eigenvalue weighted by molar-refractivity contribution is -0.215. The summed E-state index contributed by atoms with van der Waals surface area (Å²) >= 11 is 0. The number of phenols is 1. The van der Waals surface area contributed by atoms with E-state index in [0.717, 1.165) is 50.0 Å². The summed E-state index contributed by atoms with van der Waals surface area (Å²) in [7, 11) is 0. The van der Waals surface area contributed by atoms with Crippen molar-refractivity contribution >= 4 is 11.6 Å². The molecule has 1 heterocycles. The van der Waals surface area contributed by atoms with E-state index in [0.29, 0.717) is 38.1 Å². The smallest absolute Gasteiger partial charge is 0.232 e. The van der Waals surface area contributed by atoms with Crippen molar-refractivity contribution in [2.24, 2.45) is 10.8 Å². The zero-order valence-electron chi connectivity index (χ0n) is 21.1. The van der Waals surface area contributed by atoms with Crippen LogP contribution in [0.1, 0.15) is 96.7 Å². The summed E-state index contributed by atoms with van der Waals surface area (Å²) in [4.78, 5) is 20.3. The molecular weight excluding hydrogens is 445 g/mol. The van der Waals surface area contributed by atoms with Crippen LogP contribution in [-0.2, 0) is 15.6 Å². The van der Waals surface area contributed by atoms with Gasteiger partial charge < -0.3 is 14.5 Å². The van der Waals surface area contributed by atoms with Crippen molar-refractivity contribution in [2.75, 3.05) is 11.4 Å². The second-order valence-corrected chi connectivity index (χ2v) is 13.3. The van der Waals surface area contributed by atoms with E-state index < -0.39 is 5.67 Å². The highest BCUT2D eigenvalue weighted by atomic mass is 19.1. The fourth-order valence-corrected chi connectivity index (χ4v) is 7.36. The van der Waals surface area contributed by atoms with Gasteiger partial charge in [-0.05, 0) is 80.8 Å². The topological polar surface area (TPSA) is 79.5 Å². The molecule has 0 saturated heterocycles. The number of benzene rings is 1. The first-order chi connectivity index (χ1) is 16.4. The van der Waals surface area contributed by atoms with E-state index in [2.05, 4.69) is 25.9 Å². The molecule has 1 aromatic carbocycles. The monoisotopic (exact) mass is 481 g/mol. The number of hydrogen-bond donors (Lipinski definition) is 1. The Bertz CT molecular complexity index is 1120. The number of aromatic hydroxyl groups is 1. The van der Waals surface area contributed by atoms with Crippen molar-refractivity contribution in [3.05, 3.63) is 36.0 Å². The third kappa shape index (κ3) is 3.77. The predicted molar refractivity (Wildman–Crippen MR) is 130 cm³/mol. The summed E-state index contributed by atoms with van der Waals surface area (Å²) in [6, 6.07) is 6.99. The van der Waals surface area contributed by atoms with Gasteiger partial charge in [0.2, 0.25) is 11.8 Å². The number of fused-ring (bicyclic) bond motifs is 3. The van der Waals surface area contributed by atoms with Gasteiger partial charge in [-0.1, -0.05) is 32.0 Å². The normalized spacial score (nSPS) is 35.3. The SMILES string of the molecule is CC(C)(C)c1nc(C23CCC(CN(C(=O)CC45CC(F)(C4)C5)c4cccc(O)c4)(CC2)CC3)no1. The van der Waals surface area contributed by atoms with Crippen LogP contribution in [0.2, 0.25) is 0 Å². The zero-order valence-corrected chi connectivity index (χ0v) is 21.1. The minimum atomic E-state index is -1.01. The van der Waals surface area contributed by atoms with E-state index in [4.69, 9.17) is 9.51 Å². The first kappa shape index (κ1) is 23.0. The van der Waals surface area contributed by atoms with Gasteiger partial charge >= 0.3 is 0 Å². The Kier molecular flexibility index (Phi) is 4.79. The molecule has 0 atom stereocenters. The molecule has 0 aliphatic heterocycles. The van der Waals surface area contributed by atoms with Gasteiger partial charge in [0.1, 0.15) is 11.4 Å². The molecule has 0 spiro atoms. The average Bonchev–Trinajstić information content (AvgIpc) is 3.29. The molecule has 2 aromatic rings. The Labute approximate surface area is 206 Å². The largest absolute Gasteiger partial charge is 0.508 e. The molecule has 1 amide bonds. The zero-order chi connectivity index (χ0) is 24.7. The van der Waals surface area contributed by atoms with Gasteiger partial charge in [0.25, 0.3) is 0 Å². The fourth-order valence-electron chi connectivity index (χ4n) is 7.36. The first-order valence-electron chi connectivity index (χ1n) is 13.1. The molecule has 6 saturated carbocycles. The lowest BCUT2D eigenvalue weighted by Crippen LogP contribution is -2.65. The van der Waals surface area contributed by atoms with Crippen LogP contribution < -0.4 is 4.90 Å².